The average Bonchev–Trinajstić information content (AvgIpc) is 3.80. The summed E-state index contributed by atoms with van der Waals surface area (Å²) < 4.78 is 101. The van der Waals surface area contributed by atoms with E-state index in [1.807, 2.05) is 0 Å². The number of Topliss-reactive ketones (excluding diaryl/α,β-unsaturated/α-hetero) is 1. The number of carbonyl (C=O) groups is 4. The molecule has 2 atom stereocenters. The number of nitro benzene ring substituents is 1. The first kappa shape index (κ1) is 64.9. The molecule has 3 amide bonds. The van der Waals surface area contributed by atoms with Crippen LogP contribution in [0.1, 0.15) is 29.8 Å². The number of azo groups is 3. The molecule has 0 radical (unpaired) electrons. The van der Waals surface area contributed by atoms with Crippen molar-refractivity contribution in [3.05, 3.63) is 123 Å². The first-order valence-corrected chi connectivity index (χ1v) is 26.0. The average molecular weight is 1200 g/mol. The van der Waals surface area contributed by atoms with E-state index in [0.717, 1.165) is 34.3 Å². The van der Waals surface area contributed by atoms with Crippen molar-refractivity contribution in [3.8, 4) is 11.5 Å². The normalized spacial score (nSPS) is 16.9. The summed E-state index contributed by atoms with van der Waals surface area (Å²) in [5, 5.41) is 72.3. The molecule has 2 unspecified atom stereocenters. The molecule has 80 heavy (non-hydrogen) atoms. The molecule has 0 fully saturated rings. The van der Waals surface area contributed by atoms with Gasteiger partial charge in [-0.05, 0) is 116 Å². The molecule has 1 aliphatic carbocycles. The van der Waals surface area contributed by atoms with Gasteiger partial charge in [-0.2, -0.15) is 54.2 Å². The van der Waals surface area contributed by atoms with E-state index in [9.17, 15) is 78.8 Å². The third-order valence-corrected chi connectivity index (χ3v) is 14.0. The van der Waals surface area contributed by atoms with Crippen LogP contribution in [-0.2, 0) is 44.7 Å². The number of amides is 3. The van der Waals surface area contributed by atoms with Gasteiger partial charge in [-0.3, -0.25) is 43.0 Å². The predicted octanol–water partition coefficient (Wildman–Crippen LogP) is -3.56. The van der Waals surface area contributed by atoms with Gasteiger partial charge < -0.3 is 20.1 Å². The van der Waals surface area contributed by atoms with Crippen molar-refractivity contribution in [2.75, 3.05) is 15.3 Å². The van der Waals surface area contributed by atoms with Crippen molar-refractivity contribution >= 4 is 132 Å². The summed E-state index contributed by atoms with van der Waals surface area (Å²) >= 11 is 5.83. The Bertz CT molecular complexity index is 4110. The molecular formula is C44H30ClN12Na3O17S3. The summed E-state index contributed by atoms with van der Waals surface area (Å²) in [5.74, 6) is -5.57. The van der Waals surface area contributed by atoms with Gasteiger partial charge in [-0.25, -0.2) is 12.6 Å². The van der Waals surface area contributed by atoms with Crippen LogP contribution in [0, 0.1) is 17.0 Å². The van der Waals surface area contributed by atoms with Gasteiger partial charge in [-0.15, -0.1) is 5.11 Å². The van der Waals surface area contributed by atoms with Crippen LogP contribution in [0.15, 0.2) is 152 Å². The fourth-order valence-corrected chi connectivity index (χ4v) is 9.33. The minimum absolute atomic E-state index is 0. The van der Waals surface area contributed by atoms with Crippen LogP contribution in [0.3, 0.4) is 0 Å². The molecule has 0 saturated heterocycles. The second-order valence-corrected chi connectivity index (χ2v) is 21.0. The summed E-state index contributed by atoms with van der Waals surface area (Å²) in [6.07, 6.45) is 1.60. The molecular weight excluding hydrogens is 1170 g/mol. The van der Waals surface area contributed by atoms with Gasteiger partial charge in [0.25, 0.3) is 33.5 Å². The fraction of sp³-hybridized carbons (Fsp3) is 0.114. The van der Waals surface area contributed by atoms with E-state index in [-0.39, 0.29) is 139 Å². The number of hydrogen-bond acceptors (Lipinski definition) is 22. The van der Waals surface area contributed by atoms with Crippen molar-refractivity contribution in [2.45, 2.75) is 42.6 Å². The summed E-state index contributed by atoms with van der Waals surface area (Å²) in [6.45, 7) is 4.29. The van der Waals surface area contributed by atoms with Crippen molar-refractivity contribution in [1.82, 2.24) is 0 Å². The van der Waals surface area contributed by atoms with Crippen LogP contribution in [0.5, 0.6) is 11.5 Å². The molecule has 3 aliphatic rings. The Morgan fingerprint density at radius 2 is 1.31 bits per heavy atom. The van der Waals surface area contributed by atoms with Gasteiger partial charge >= 0.3 is 88.7 Å². The number of fused-ring (bicyclic) bond motifs is 1. The topological polar surface area (TPSA) is 444 Å². The number of anilines is 3. The Hall–Kier alpha value is -5.89. The number of hydrazone groups is 2. The number of nitro groups is 1. The standard InChI is InChI=1S/C44H33ClN12O17S3.3Na/c1-19-12-22(42(61)46-24-5-7-25(8-6-24)55-43(62)36(20(2)53-55)50-48-32-16-27(75(66,67)68)15-30(45)40(32)59)4-11-31(19)47-52-38-35(77(72,73)74)14-23-13-26(9-10-29(23)39(38)58)56-44(63)37(21(3)54-56)51-49-33-17-28(76(69,70)71)18-34(41(33)60)57(64)65;;;/h4-18,36-37,58,60H,1-3H3,(H,46,61)(H2,66,67,68)(H,69,70,71)(H,72,73,74);;;/q;3*+1/p-3. The SMILES string of the molecule is CC1=NN(c2ccc(NC(=O)c3ccc(N=Nc4c(S(=O)(=O)[O-])cc5cc(N6N=C(C)C(N=Nc7cc(S(=O)(=O)O)cc([N+](=O)[O-])c7[O-])C6=O)ccc5c4[O-])c(C)c3)cc2)C(=O)C1N=NC1=CC(=S(=O)(O)O)C=C(Cl)C1=O.[Na+].[Na+].[Na+]. The van der Waals surface area contributed by atoms with E-state index in [2.05, 4.69) is 46.2 Å². The minimum Gasteiger partial charge on any atom is -0.871 e. The molecule has 0 bridgehead atoms. The smallest absolute Gasteiger partial charge is 0.871 e. The summed E-state index contributed by atoms with van der Waals surface area (Å²) in [6, 6.07) is 12.2. The second kappa shape index (κ2) is 25.1. The summed E-state index contributed by atoms with van der Waals surface area (Å²) in [7, 11) is -15.0. The van der Waals surface area contributed by atoms with Crippen molar-refractivity contribution in [2.24, 2.45) is 40.9 Å². The Balaban J connectivity index is 0.00000392. The monoisotopic (exact) mass is 1200 g/mol. The zero-order valence-electron chi connectivity index (χ0n) is 41.9. The van der Waals surface area contributed by atoms with Crippen LogP contribution in [0.2, 0.25) is 0 Å². The molecule has 29 nitrogen and oxygen atoms in total. The molecule has 36 heteroatoms. The number of carbonyl (C=O) groups excluding carboxylic acids is 4. The van der Waals surface area contributed by atoms with Crippen molar-refractivity contribution < 1.29 is 162 Å². The molecule has 2 heterocycles. The number of aryl methyl sites for hydroxylation is 1. The molecule has 0 aromatic heterocycles. The third-order valence-electron chi connectivity index (χ3n) is 11.2. The quantitative estimate of drug-likeness (QED) is 0.0221. The number of halogens is 1. The number of rotatable bonds is 13. The van der Waals surface area contributed by atoms with Gasteiger partial charge in [0.05, 0.1) is 59.6 Å². The van der Waals surface area contributed by atoms with E-state index in [1.165, 1.54) is 75.4 Å². The van der Waals surface area contributed by atoms with E-state index in [0.29, 0.717) is 17.7 Å². The first-order valence-electron chi connectivity index (χ1n) is 21.3. The van der Waals surface area contributed by atoms with E-state index >= 15 is 0 Å². The molecule has 0 saturated carbocycles. The van der Waals surface area contributed by atoms with Gasteiger partial charge in [0.2, 0.25) is 15.9 Å². The molecule has 2 aliphatic heterocycles. The van der Waals surface area contributed by atoms with Gasteiger partial charge in [-0.1, -0.05) is 23.4 Å². The number of allylic oxidation sites excluding steroid dienone is 3. The van der Waals surface area contributed by atoms with E-state index in [1.54, 1.807) is 0 Å². The summed E-state index contributed by atoms with van der Waals surface area (Å²) in [5.41, 5.74) is -2.56. The van der Waals surface area contributed by atoms with Crippen LogP contribution in [0.4, 0.5) is 39.8 Å². The van der Waals surface area contributed by atoms with Crippen LogP contribution >= 0.6 is 11.6 Å². The maximum absolute atomic E-state index is 13.8. The Labute approximate surface area is 522 Å². The Morgan fingerprint density at radius 3 is 1.88 bits per heavy atom. The van der Waals surface area contributed by atoms with Gasteiger partial charge in [0, 0.05) is 23.1 Å². The van der Waals surface area contributed by atoms with E-state index < -0.39 is 125 Å². The maximum atomic E-state index is 13.8. The van der Waals surface area contributed by atoms with E-state index in [4.69, 9.17) is 11.6 Å². The van der Waals surface area contributed by atoms with Crippen LogP contribution in [-0.4, -0.2) is 96.1 Å². The van der Waals surface area contributed by atoms with Crippen LogP contribution in [0.25, 0.3) is 10.8 Å². The Morgan fingerprint density at radius 1 is 0.725 bits per heavy atom. The predicted molar refractivity (Wildman–Crippen MR) is 267 cm³/mol. The third kappa shape index (κ3) is 13.7. The zero-order chi connectivity index (χ0) is 56.2. The van der Waals surface area contributed by atoms with Gasteiger partial charge in [0.15, 0.2) is 12.1 Å². The molecule has 4 N–H and O–H groups in total. The number of nitrogens with zero attached hydrogens (tertiary/aromatic N) is 11. The maximum Gasteiger partial charge on any atom is 1.00 e. The molecule has 5 aromatic rings. The number of ketones is 1. The van der Waals surface area contributed by atoms with Crippen LogP contribution < -0.4 is 114 Å². The first-order chi connectivity index (χ1) is 36.0. The zero-order valence-corrected chi connectivity index (χ0v) is 51.1. The number of hydrogen-bond donors (Lipinski definition) is 4. The molecule has 8 rings (SSSR count). The molecule has 396 valence electrons. The molecule has 0 spiro atoms. The minimum atomic E-state index is -5.44. The van der Waals surface area contributed by atoms with Crippen molar-refractivity contribution in [1.29, 1.82) is 0 Å². The number of benzene rings is 5. The largest absolute Gasteiger partial charge is 1.00 e. The second-order valence-electron chi connectivity index (χ2n) is 16.4. The fourth-order valence-electron chi connectivity index (χ4n) is 7.35. The molecule has 5 aromatic carbocycles. The van der Waals surface area contributed by atoms with Gasteiger partial charge in [0.1, 0.15) is 20.7 Å². The number of nitrogens with one attached hydrogen (secondary N) is 1. The Kier molecular flexibility index (Phi) is 20.4. The summed E-state index contributed by atoms with van der Waals surface area (Å²) in [4.78, 5) is 59.9. The van der Waals surface area contributed by atoms with Crippen molar-refractivity contribution in [3.63, 3.8) is 0 Å².